The minimum absolute atomic E-state index is 0.586. The second kappa shape index (κ2) is 5.92. The molecule has 0 N–H and O–H groups in total. The van der Waals surface area contributed by atoms with E-state index in [0.29, 0.717) is 5.92 Å². The fraction of sp³-hybridized carbons (Fsp3) is 0.316. The van der Waals surface area contributed by atoms with Crippen LogP contribution in [0, 0.1) is 17.2 Å². The van der Waals surface area contributed by atoms with Gasteiger partial charge in [0.25, 0.3) is 0 Å². The first-order valence-electron chi connectivity index (χ1n) is 7.12. The van der Waals surface area contributed by atoms with Crippen LogP contribution in [0.3, 0.4) is 0 Å². The third kappa shape index (κ3) is 2.91. The van der Waals surface area contributed by atoms with Gasteiger partial charge in [-0.3, -0.25) is 0 Å². The summed E-state index contributed by atoms with van der Waals surface area (Å²) in [6.45, 7) is 6.42. The lowest BCUT2D eigenvalue weighted by Gasteiger charge is -2.23. The number of nitriles is 1. The average molecular weight is 263 g/mol. The molecule has 1 unspecified atom stereocenters. The first-order valence-corrected chi connectivity index (χ1v) is 7.12. The number of rotatable bonds is 4. The van der Waals surface area contributed by atoms with Gasteiger partial charge in [-0.05, 0) is 36.0 Å². The van der Waals surface area contributed by atoms with Crippen molar-refractivity contribution in [3.05, 3.63) is 71.3 Å². The zero-order valence-electron chi connectivity index (χ0n) is 12.4. The molecule has 2 rings (SSSR count). The van der Waals surface area contributed by atoms with E-state index in [0.717, 1.165) is 17.5 Å². The molecule has 1 atom stereocenters. The predicted octanol–water partition coefficient (Wildman–Crippen LogP) is 4.71. The highest BCUT2D eigenvalue weighted by Crippen LogP contribution is 2.31. The Morgan fingerprint density at radius 3 is 2.00 bits per heavy atom. The zero-order valence-corrected chi connectivity index (χ0v) is 12.4. The van der Waals surface area contributed by atoms with Crippen molar-refractivity contribution in [1.82, 2.24) is 0 Å². The lowest BCUT2D eigenvalue weighted by molar-refractivity contribution is 0.646. The minimum atomic E-state index is -0.586. The Bertz CT molecular complexity index is 590. The molecule has 0 radical (unpaired) electrons. The van der Waals surface area contributed by atoms with Crippen LogP contribution in [-0.4, -0.2) is 0 Å². The summed E-state index contributed by atoms with van der Waals surface area (Å²) in [5.41, 5.74) is 2.84. The van der Waals surface area contributed by atoms with Gasteiger partial charge in [0, 0.05) is 0 Å². The van der Waals surface area contributed by atoms with Crippen LogP contribution in [0.15, 0.2) is 54.6 Å². The first kappa shape index (κ1) is 14.3. The SMILES string of the molecule is CC(C)Cc1ccc(C(C)(C#N)c2ccccc2)cc1. The van der Waals surface area contributed by atoms with Crippen LogP contribution in [0.25, 0.3) is 0 Å². The van der Waals surface area contributed by atoms with Gasteiger partial charge in [-0.2, -0.15) is 5.26 Å². The fourth-order valence-corrected chi connectivity index (χ4v) is 2.51. The van der Waals surface area contributed by atoms with E-state index in [9.17, 15) is 5.26 Å². The molecule has 1 heteroatoms. The van der Waals surface area contributed by atoms with E-state index in [4.69, 9.17) is 0 Å². The normalized spacial score (nSPS) is 13.8. The van der Waals surface area contributed by atoms with E-state index in [1.165, 1.54) is 5.56 Å². The molecule has 0 heterocycles. The summed E-state index contributed by atoms with van der Waals surface area (Å²) in [6.07, 6.45) is 1.08. The molecule has 0 saturated carbocycles. The molecule has 1 nitrogen and oxygen atoms in total. The third-order valence-electron chi connectivity index (χ3n) is 3.75. The van der Waals surface area contributed by atoms with Crippen LogP contribution in [0.5, 0.6) is 0 Å². The minimum Gasteiger partial charge on any atom is -0.197 e. The van der Waals surface area contributed by atoms with Crippen molar-refractivity contribution in [3.8, 4) is 6.07 Å². The van der Waals surface area contributed by atoms with Crippen molar-refractivity contribution in [2.24, 2.45) is 5.92 Å². The maximum atomic E-state index is 9.66. The Morgan fingerprint density at radius 1 is 0.950 bits per heavy atom. The average Bonchev–Trinajstić information content (AvgIpc) is 2.47. The standard InChI is InChI=1S/C19H21N/c1-15(2)13-16-9-11-18(12-10-16)19(3,14-20)17-7-5-4-6-8-17/h4-12,15H,13H2,1-3H3. The highest BCUT2D eigenvalue weighted by Gasteiger charge is 2.28. The third-order valence-corrected chi connectivity index (χ3v) is 3.75. The molecule has 0 amide bonds. The van der Waals surface area contributed by atoms with E-state index in [1.54, 1.807) is 0 Å². The Labute approximate surface area is 121 Å². The maximum absolute atomic E-state index is 9.66. The Kier molecular flexibility index (Phi) is 4.25. The van der Waals surface area contributed by atoms with E-state index in [1.807, 2.05) is 37.3 Å². The van der Waals surface area contributed by atoms with Gasteiger partial charge >= 0.3 is 0 Å². The van der Waals surface area contributed by atoms with Gasteiger partial charge in [0.05, 0.1) is 6.07 Å². The molecule has 2 aromatic rings. The van der Waals surface area contributed by atoms with Gasteiger partial charge in [0.2, 0.25) is 0 Å². The molecule has 0 fully saturated rings. The molecule has 0 bridgehead atoms. The van der Waals surface area contributed by atoms with Crippen LogP contribution < -0.4 is 0 Å². The summed E-state index contributed by atoms with van der Waals surface area (Å²) in [6, 6.07) is 20.9. The Morgan fingerprint density at radius 2 is 1.50 bits per heavy atom. The van der Waals surface area contributed by atoms with Crippen LogP contribution in [0.4, 0.5) is 0 Å². The highest BCUT2D eigenvalue weighted by atomic mass is 14.4. The van der Waals surface area contributed by atoms with Crippen molar-refractivity contribution >= 4 is 0 Å². The van der Waals surface area contributed by atoms with Crippen LogP contribution in [-0.2, 0) is 11.8 Å². The van der Waals surface area contributed by atoms with Crippen LogP contribution >= 0.6 is 0 Å². The molecule has 0 aliphatic carbocycles. The van der Waals surface area contributed by atoms with Crippen molar-refractivity contribution < 1.29 is 0 Å². The van der Waals surface area contributed by atoms with Gasteiger partial charge in [0.1, 0.15) is 5.41 Å². The zero-order chi connectivity index (χ0) is 14.6. The molecule has 0 aliphatic rings. The monoisotopic (exact) mass is 263 g/mol. The second-order valence-corrected chi connectivity index (χ2v) is 5.90. The van der Waals surface area contributed by atoms with Gasteiger partial charge in [-0.25, -0.2) is 0 Å². The molecule has 0 saturated heterocycles. The molecule has 102 valence electrons. The van der Waals surface area contributed by atoms with Gasteiger partial charge < -0.3 is 0 Å². The Balaban J connectivity index is 2.36. The summed E-state index contributed by atoms with van der Waals surface area (Å²) in [5.74, 6) is 0.650. The van der Waals surface area contributed by atoms with Crippen LogP contribution in [0.1, 0.15) is 37.5 Å². The molecule has 0 aliphatic heterocycles. The molecule has 0 spiro atoms. The van der Waals surface area contributed by atoms with Crippen LogP contribution in [0.2, 0.25) is 0 Å². The van der Waals surface area contributed by atoms with E-state index in [-0.39, 0.29) is 0 Å². The summed E-state index contributed by atoms with van der Waals surface area (Å²) >= 11 is 0. The summed E-state index contributed by atoms with van der Waals surface area (Å²) in [4.78, 5) is 0. The van der Waals surface area contributed by atoms with Gasteiger partial charge in [0.15, 0.2) is 0 Å². The van der Waals surface area contributed by atoms with E-state index in [2.05, 4.69) is 44.2 Å². The first-order chi connectivity index (χ1) is 9.56. The highest BCUT2D eigenvalue weighted by molar-refractivity contribution is 5.45. The van der Waals surface area contributed by atoms with Crippen molar-refractivity contribution in [3.63, 3.8) is 0 Å². The number of hydrogen-bond donors (Lipinski definition) is 0. The van der Waals surface area contributed by atoms with Gasteiger partial charge in [-0.15, -0.1) is 0 Å². The smallest absolute Gasteiger partial charge is 0.104 e. The Hall–Kier alpha value is -2.07. The predicted molar refractivity (Wildman–Crippen MR) is 83.5 cm³/mol. The molecular formula is C19H21N. The fourth-order valence-electron chi connectivity index (χ4n) is 2.51. The van der Waals surface area contributed by atoms with Crippen molar-refractivity contribution in [1.29, 1.82) is 5.26 Å². The number of hydrogen-bond acceptors (Lipinski definition) is 1. The van der Waals surface area contributed by atoms with E-state index < -0.39 is 5.41 Å². The van der Waals surface area contributed by atoms with Crippen molar-refractivity contribution in [2.45, 2.75) is 32.6 Å². The molecule has 2 aromatic carbocycles. The largest absolute Gasteiger partial charge is 0.197 e. The number of nitrogens with zero attached hydrogens (tertiary/aromatic N) is 1. The quantitative estimate of drug-likeness (QED) is 0.783. The lowest BCUT2D eigenvalue weighted by atomic mass is 9.77. The summed E-state index contributed by atoms with van der Waals surface area (Å²) in [5, 5.41) is 9.66. The maximum Gasteiger partial charge on any atom is 0.104 e. The molecule has 20 heavy (non-hydrogen) atoms. The topological polar surface area (TPSA) is 23.8 Å². The van der Waals surface area contributed by atoms with E-state index >= 15 is 0 Å². The molecular weight excluding hydrogens is 242 g/mol. The van der Waals surface area contributed by atoms with Crippen molar-refractivity contribution in [2.75, 3.05) is 0 Å². The summed E-state index contributed by atoms with van der Waals surface area (Å²) < 4.78 is 0. The summed E-state index contributed by atoms with van der Waals surface area (Å²) in [7, 11) is 0. The lowest BCUT2D eigenvalue weighted by Crippen LogP contribution is -2.21. The number of benzene rings is 2. The molecule has 0 aromatic heterocycles. The van der Waals surface area contributed by atoms with Gasteiger partial charge in [-0.1, -0.05) is 68.4 Å². The second-order valence-electron chi connectivity index (χ2n) is 5.90.